The van der Waals surface area contributed by atoms with Crippen LogP contribution in [0.25, 0.3) is 0 Å². The van der Waals surface area contributed by atoms with Crippen molar-refractivity contribution >= 4 is 5.91 Å². The van der Waals surface area contributed by atoms with Crippen LogP contribution in [0.3, 0.4) is 0 Å². The molecule has 1 aromatic heterocycles. The van der Waals surface area contributed by atoms with Gasteiger partial charge in [-0.05, 0) is 25.7 Å². The van der Waals surface area contributed by atoms with Gasteiger partial charge in [-0.3, -0.25) is 4.79 Å². The van der Waals surface area contributed by atoms with Crippen LogP contribution < -0.4 is 5.32 Å². The van der Waals surface area contributed by atoms with Crippen LogP contribution in [0.4, 0.5) is 0 Å². The van der Waals surface area contributed by atoms with Gasteiger partial charge in [0, 0.05) is 31.9 Å². The van der Waals surface area contributed by atoms with Crippen LogP contribution in [-0.2, 0) is 11.3 Å². The van der Waals surface area contributed by atoms with Crippen molar-refractivity contribution in [2.75, 3.05) is 6.54 Å². The number of hydrogen-bond acceptors (Lipinski definition) is 3. The highest BCUT2D eigenvalue weighted by Crippen LogP contribution is 2.30. The van der Waals surface area contributed by atoms with Crippen LogP contribution >= 0.6 is 0 Å². The molecule has 1 fully saturated rings. The lowest BCUT2D eigenvalue weighted by molar-refractivity contribution is -0.123. The summed E-state index contributed by atoms with van der Waals surface area (Å²) < 4.78 is 1.95. The largest absolute Gasteiger partial charge is 0.388 e. The summed E-state index contributed by atoms with van der Waals surface area (Å²) in [5, 5.41) is 12.6. The molecule has 0 saturated heterocycles. The summed E-state index contributed by atoms with van der Waals surface area (Å²) in [4.78, 5) is 15.4. The molecule has 17 heavy (non-hydrogen) atoms. The molecule has 1 aliphatic carbocycles. The summed E-state index contributed by atoms with van der Waals surface area (Å²) in [5.41, 5.74) is -0.625. The van der Waals surface area contributed by atoms with Crippen LogP contribution in [0.15, 0.2) is 18.7 Å². The molecule has 1 aromatic rings. The second-order valence-corrected chi connectivity index (χ2v) is 4.76. The van der Waals surface area contributed by atoms with Crippen molar-refractivity contribution in [1.29, 1.82) is 0 Å². The van der Waals surface area contributed by atoms with Crippen molar-refractivity contribution in [2.24, 2.45) is 0 Å². The number of imidazole rings is 1. The summed E-state index contributed by atoms with van der Waals surface area (Å²) in [6.07, 6.45) is 9.32. The zero-order valence-corrected chi connectivity index (χ0v) is 9.93. The number of nitrogens with zero attached hydrogens (tertiary/aromatic N) is 2. The van der Waals surface area contributed by atoms with E-state index in [0.29, 0.717) is 13.0 Å². The van der Waals surface area contributed by atoms with E-state index >= 15 is 0 Å². The van der Waals surface area contributed by atoms with Crippen LogP contribution in [-0.4, -0.2) is 32.7 Å². The van der Waals surface area contributed by atoms with Crippen molar-refractivity contribution in [3.63, 3.8) is 0 Å². The smallest absolute Gasteiger partial charge is 0.220 e. The number of aryl methyl sites for hydroxylation is 1. The van der Waals surface area contributed by atoms with E-state index in [9.17, 15) is 9.90 Å². The zero-order valence-electron chi connectivity index (χ0n) is 9.93. The maximum absolute atomic E-state index is 11.5. The lowest BCUT2D eigenvalue weighted by Gasteiger charge is -2.36. The molecule has 0 bridgehead atoms. The third-order valence-corrected chi connectivity index (χ3v) is 3.28. The van der Waals surface area contributed by atoms with Crippen molar-refractivity contribution in [3.8, 4) is 0 Å². The SMILES string of the molecule is O=C(CCCn1ccnc1)NCC1(O)CCC1. The van der Waals surface area contributed by atoms with Crippen molar-refractivity contribution in [2.45, 2.75) is 44.2 Å². The molecular weight excluding hydrogens is 218 g/mol. The van der Waals surface area contributed by atoms with Gasteiger partial charge in [-0.25, -0.2) is 4.98 Å². The Morgan fingerprint density at radius 1 is 1.53 bits per heavy atom. The van der Waals surface area contributed by atoms with E-state index in [2.05, 4.69) is 10.3 Å². The number of carbonyl (C=O) groups excluding carboxylic acids is 1. The van der Waals surface area contributed by atoms with E-state index in [1.807, 2.05) is 10.8 Å². The Bertz CT molecular complexity index is 358. The third kappa shape index (κ3) is 3.56. The minimum atomic E-state index is -0.625. The Hall–Kier alpha value is -1.36. The Kier molecular flexibility index (Phi) is 3.78. The molecule has 0 radical (unpaired) electrons. The Morgan fingerprint density at radius 2 is 2.35 bits per heavy atom. The maximum atomic E-state index is 11.5. The van der Waals surface area contributed by atoms with E-state index in [1.54, 1.807) is 12.5 Å². The molecule has 0 unspecified atom stereocenters. The first-order valence-electron chi connectivity index (χ1n) is 6.13. The van der Waals surface area contributed by atoms with Crippen molar-refractivity contribution in [1.82, 2.24) is 14.9 Å². The molecule has 0 atom stereocenters. The van der Waals surface area contributed by atoms with E-state index in [1.165, 1.54) is 0 Å². The molecule has 1 saturated carbocycles. The van der Waals surface area contributed by atoms with E-state index in [0.717, 1.165) is 32.2 Å². The molecule has 2 rings (SSSR count). The average molecular weight is 237 g/mol. The quantitative estimate of drug-likeness (QED) is 0.765. The summed E-state index contributed by atoms with van der Waals surface area (Å²) in [6.45, 7) is 1.20. The van der Waals surface area contributed by atoms with Crippen molar-refractivity contribution < 1.29 is 9.90 Å². The highest BCUT2D eigenvalue weighted by Gasteiger charge is 2.34. The minimum Gasteiger partial charge on any atom is -0.388 e. The van der Waals surface area contributed by atoms with Gasteiger partial charge in [-0.15, -0.1) is 0 Å². The molecule has 5 nitrogen and oxygen atoms in total. The van der Waals surface area contributed by atoms with Gasteiger partial charge in [0.05, 0.1) is 11.9 Å². The van der Waals surface area contributed by atoms with Gasteiger partial charge in [0.1, 0.15) is 0 Å². The fraction of sp³-hybridized carbons (Fsp3) is 0.667. The number of hydrogen-bond donors (Lipinski definition) is 2. The number of aromatic nitrogens is 2. The summed E-state index contributed by atoms with van der Waals surface area (Å²) >= 11 is 0. The summed E-state index contributed by atoms with van der Waals surface area (Å²) in [5.74, 6) is 0.0189. The lowest BCUT2D eigenvalue weighted by Crippen LogP contribution is -2.47. The van der Waals surface area contributed by atoms with Crippen LogP contribution in [0.5, 0.6) is 0 Å². The van der Waals surface area contributed by atoms with Crippen LogP contribution in [0.2, 0.25) is 0 Å². The highest BCUT2D eigenvalue weighted by molar-refractivity contribution is 5.75. The van der Waals surface area contributed by atoms with Crippen LogP contribution in [0.1, 0.15) is 32.1 Å². The fourth-order valence-corrected chi connectivity index (χ4v) is 1.95. The molecule has 1 heterocycles. The molecule has 1 amide bonds. The predicted molar refractivity (Wildman–Crippen MR) is 63.3 cm³/mol. The first-order valence-corrected chi connectivity index (χ1v) is 6.13. The van der Waals surface area contributed by atoms with Gasteiger partial charge in [0.25, 0.3) is 0 Å². The minimum absolute atomic E-state index is 0.0189. The summed E-state index contributed by atoms with van der Waals surface area (Å²) in [7, 11) is 0. The van der Waals surface area contributed by atoms with Gasteiger partial charge >= 0.3 is 0 Å². The zero-order chi connectivity index (χ0) is 12.1. The van der Waals surface area contributed by atoms with Gasteiger partial charge in [-0.2, -0.15) is 0 Å². The van der Waals surface area contributed by atoms with Gasteiger partial charge in [0.15, 0.2) is 0 Å². The molecule has 0 spiro atoms. The number of aliphatic hydroxyl groups is 1. The monoisotopic (exact) mass is 237 g/mol. The summed E-state index contributed by atoms with van der Waals surface area (Å²) in [6, 6.07) is 0. The molecule has 94 valence electrons. The third-order valence-electron chi connectivity index (χ3n) is 3.28. The second-order valence-electron chi connectivity index (χ2n) is 4.76. The normalized spacial score (nSPS) is 17.5. The topological polar surface area (TPSA) is 67.2 Å². The van der Waals surface area contributed by atoms with Gasteiger partial charge in [-0.1, -0.05) is 0 Å². The number of carbonyl (C=O) groups is 1. The maximum Gasteiger partial charge on any atom is 0.220 e. The van der Waals surface area contributed by atoms with E-state index < -0.39 is 5.60 Å². The predicted octanol–water partition coefficient (Wildman–Crippen LogP) is 0.694. The van der Waals surface area contributed by atoms with Gasteiger partial charge in [0.2, 0.25) is 5.91 Å². The molecule has 1 aliphatic rings. The average Bonchev–Trinajstić information content (AvgIpc) is 2.77. The molecule has 2 N–H and O–H groups in total. The second kappa shape index (κ2) is 5.31. The molecular formula is C12H19N3O2. The van der Waals surface area contributed by atoms with Gasteiger partial charge < -0.3 is 15.0 Å². The number of rotatable bonds is 6. The highest BCUT2D eigenvalue weighted by atomic mass is 16.3. The molecule has 0 aromatic carbocycles. The fourth-order valence-electron chi connectivity index (χ4n) is 1.95. The number of amides is 1. The first kappa shape index (κ1) is 12.1. The Labute approximate surface area is 101 Å². The molecule has 0 aliphatic heterocycles. The van der Waals surface area contributed by atoms with Crippen LogP contribution in [0, 0.1) is 0 Å². The Balaban J connectivity index is 1.58. The van der Waals surface area contributed by atoms with Crippen molar-refractivity contribution in [3.05, 3.63) is 18.7 Å². The lowest BCUT2D eigenvalue weighted by atomic mass is 9.80. The first-order chi connectivity index (χ1) is 8.18. The molecule has 5 heteroatoms. The standard InChI is InChI=1S/C12H19N3O2/c16-11(14-9-12(17)4-2-5-12)3-1-7-15-8-6-13-10-15/h6,8,10,17H,1-5,7,9H2,(H,14,16). The van der Waals surface area contributed by atoms with E-state index in [-0.39, 0.29) is 5.91 Å². The Morgan fingerprint density at radius 3 is 2.94 bits per heavy atom. The number of nitrogens with one attached hydrogen (secondary N) is 1. The van der Waals surface area contributed by atoms with E-state index in [4.69, 9.17) is 0 Å².